The number of carbonyl (C=O) groups excluding carboxylic acids is 1. The molecule has 1 unspecified atom stereocenters. The Morgan fingerprint density at radius 1 is 1.24 bits per heavy atom. The average molecular weight is 238 g/mol. The summed E-state index contributed by atoms with van der Waals surface area (Å²) in [5.74, 6) is 1.74. The van der Waals surface area contributed by atoms with Gasteiger partial charge in [0.25, 0.3) is 0 Å². The molecule has 3 heteroatoms. The minimum absolute atomic E-state index is 0.361. The Kier molecular flexibility index (Phi) is 4.57. The molecule has 0 amide bonds. The molecular weight excluding hydrogens is 212 g/mol. The fourth-order valence-electron chi connectivity index (χ4n) is 3.26. The van der Waals surface area contributed by atoms with Gasteiger partial charge in [-0.15, -0.1) is 0 Å². The summed E-state index contributed by atoms with van der Waals surface area (Å²) in [6.45, 7) is 4.65. The lowest BCUT2D eigenvalue weighted by Gasteiger charge is -2.34. The predicted molar refractivity (Wildman–Crippen MR) is 70.1 cm³/mol. The Bertz CT molecular complexity index is 257. The van der Waals surface area contributed by atoms with E-state index in [1.165, 1.54) is 32.5 Å². The van der Waals surface area contributed by atoms with Gasteiger partial charge in [0.2, 0.25) is 0 Å². The van der Waals surface area contributed by atoms with Crippen LogP contribution in [0.3, 0.4) is 0 Å². The van der Waals surface area contributed by atoms with E-state index in [4.69, 9.17) is 0 Å². The van der Waals surface area contributed by atoms with Crippen molar-refractivity contribution in [3.63, 3.8) is 0 Å². The standard InChI is InChI=1S/C14H26N2O/c1-15(2)10-12-6-8-16(9-7-12)11-13-4-3-5-14(13)17/h12-13H,3-11H2,1-2H3. The quantitative estimate of drug-likeness (QED) is 0.744. The van der Waals surface area contributed by atoms with E-state index in [2.05, 4.69) is 23.9 Å². The Labute approximate surface area is 105 Å². The average Bonchev–Trinajstić information content (AvgIpc) is 2.67. The van der Waals surface area contributed by atoms with Gasteiger partial charge in [0.05, 0.1) is 0 Å². The van der Waals surface area contributed by atoms with Crippen LogP contribution in [-0.2, 0) is 4.79 Å². The fraction of sp³-hybridized carbons (Fsp3) is 0.929. The van der Waals surface area contributed by atoms with E-state index in [0.29, 0.717) is 11.7 Å². The van der Waals surface area contributed by atoms with E-state index in [-0.39, 0.29) is 0 Å². The molecule has 0 aromatic rings. The number of rotatable bonds is 4. The summed E-state index contributed by atoms with van der Waals surface area (Å²) in [7, 11) is 4.31. The third-order valence-electron chi connectivity index (χ3n) is 4.24. The van der Waals surface area contributed by atoms with Crippen LogP contribution in [0.2, 0.25) is 0 Å². The molecule has 0 aromatic carbocycles. The number of carbonyl (C=O) groups is 1. The maximum absolute atomic E-state index is 11.6. The second-order valence-corrected chi connectivity index (χ2v) is 6.06. The van der Waals surface area contributed by atoms with Crippen molar-refractivity contribution in [3.8, 4) is 0 Å². The van der Waals surface area contributed by atoms with Gasteiger partial charge >= 0.3 is 0 Å². The monoisotopic (exact) mass is 238 g/mol. The summed E-state index contributed by atoms with van der Waals surface area (Å²) in [4.78, 5) is 16.4. The molecule has 1 aliphatic carbocycles. The molecule has 1 saturated carbocycles. The van der Waals surface area contributed by atoms with Crippen LogP contribution in [0.4, 0.5) is 0 Å². The van der Waals surface area contributed by atoms with E-state index in [1.807, 2.05) is 0 Å². The Morgan fingerprint density at radius 2 is 1.94 bits per heavy atom. The van der Waals surface area contributed by atoms with Crippen LogP contribution in [0.5, 0.6) is 0 Å². The van der Waals surface area contributed by atoms with Gasteiger partial charge in [-0.1, -0.05) is 0 Å². The molecule has 0 N–H and O–H groups in total. The first-order valence-corrected chi connectivity index (χ1v) is 7.05. The van der Waals surface area contributed by atoms with Gasteiger partial charge in [-0.25, -0.2) is 0 Å². The van der Waals surface area contributed by atoms with E-state index < -0.39 is 0 Å². The summed E-state index contributed by atoms with van der Waals surface area (Å²) < 4.78 is 0. The van der Waals surface area contributed by atoms with E-state index in [1.54, 1.807) is 0 Å². The van der Waals surface area contributed by atoms with Crippen LogP contribution in [0.15, 0.2) is 0 Å². The predicted octanol–water partition coefficient (Wildman–Crippen LogP) is 1.63. The SMILES string of the molecule is CN(C)CC1CCN(CC2CCCC2=O)CC1. The maximum atomic E-state index is 11.6. The van der Waals surface area contributed by atoms with E-state index in [9.17, 15) is 4.79 Å². The number of hydrogen-bond acceptors (Lipinski definition) is 3. The van der Waals surface area contributed by atoms with Crippen molar-refractivity contribution in [2.75, 3.05) is 40.3 Å². The molecule has 0 bridgehead atoms. The molecule has 2 rings (SSSR count). The molecule has 2 fully saturated rings. The third-order valence-corrected chi connectivity index (χ3v) is 4.24. The van der Waals surface area contributed by atoms with Crippen molar-refractivity contribution in [3.05, 3.63) is 0 Å². The van der Waals surface area contributed by atoms with Gasteiger partial charge < -0.3 is 9.80 Å². The zero-order valence-corrected chi connectivity index (χ0v) is 11.3. The van der Waals surface area contributed by atoms with Gasteiger partial charge in [0.15, 0.2) is 0 Å². The largest absolute Gasteiger partial charge is 0.309 e. The molecule has 1 aliphatic heterocycles. The minimum atomic E-state index is 0.361. The van der Waals surface area contributed by atoms with Crippen LogP contribution in [-0.4, -0.2) is 55.9 Å². The molecule has 1 heterocycles. The summed E-state index contributed by atoms with van der Waals surface area (Å²) in [5.41, 5.74) is 0. The number of ketones is 1. The molecule has 0 aromatic heterocycles. The molecule has 98 valence electrons. The highest BCUT2D eigenvalue weighted by molar-refractivity contribution is 5.83. The Balaban J connectivity index is 1.70. The van der Waals surface area contributed by atoms with Crippen molar-refractivity contribution in [2.24, 2.45) is 11.8 Å². The van der Waals surface area contributed by atoms with Crippen LogP contribution in [0.1, 0.15) is 32.1 Å². The smallest absolute Gasteiger partial charge is 0.137 e. The van der Waals surface area contributed by atoms with Gasteiger partial charge in [-0.05, 0) is 58.8 Å². The summed E-state index contributed by atoms with van der Waals surface area (Å²) in [6.07, 6.45) is 5.71. The zero-order chi connectivity index (χ0) is 12.3. The molecule has 0 radical (unpaired) electrons. The Morgan fingerprint density at radius 3 is 2.47 bits per heavy atom. The van der Waals surface area contributed by atoms with Gasteiger partial charge in [-0.3, -0.25) is 4.79 Å². The summed E-state index contributed by atoms with van der Waals surface area (Å²) >= 11 is 0. The van der Waals surface area contributed by atoms with Crippen LogP contribution < -0.4 is 0 Å². The molecule has 1 atom stereocenters. The second kappa shape index (κ2) is 5.96. The lowest BCUT2D eigenvalue weighted by molar-refractivity contribution is -0.121. The second-order valence-electron chi connectivity index (χ2n) is 6.06. The first-order chi connectivity index (χ1) is 8.15. The van der Waals surface area contributed by atoms with Crippen LogP contribution >= 0.6 is 0 Å². The van der Waals surface area contributed by atoms with Gasteiger partial charge in [0.1, 0.15) is 5.78 Å². The highest BCUT2D eigenvalue weighted by Gasteiger charge is 2.28. The molecule has 0 spiro atoms. The minimum Gasteiger partial charge on any atom is -0.309 e. The first-order valence-electron chi connectivity index (χ1n) is 7.05. The number of piperidine rings is 1. The zero-order valence-electron chi connectivity index (χ0n) is 11.3. The summed E-state index contributed by atoms with van der Waals surface area (Å²) in [5, 5.41) is 0. The fourth-order valence-corrected chi connectivity index (χ4v) is 3.26. The highest BCUT2D eigenvalue weighted by atomic mass is 16.1. The van der Waals surface area contributed by atoms with Crippen molar-refractivity contribution < 1.29 is 4.79 Å². The molecule has 3 nitrogen and oxygen atoms in total. The van der Waals surface area contributed by atoms with Crippen LogP contribution in [0.25, 0.3) is 0 Å². The Hall–Kier alpha value is -0.410. The van der Waals surface area contributed by atoms with Crippen LogP contribution in [0, 0.1) is 11.8 Å². The van der Waals surface area contributed by atoms with Crippen molar-refractivity contribution >= 4 is 5.78 Å². The van der Waals surface area contributed by atoms with Gasteiger partial charge in [-0.2, -0.15) is 0 Å². The van der Waals surface area contributed by atoms with Gasteiger partial charge in [0, 0.05) is 25.4 Å². The normalized spacial score (nSPS) is 28.2. The van der Waals surface area contributed by atoms with Crippen molar-refractivity contribution in [1.82, 2.24) is 9.80 Å². The lowest BCUT2D eigenvalue weighted by Crippen LogP contribution is -2.40. The first kappa shape index (κ1) is 13.0. The van der Waals surface area contributed by atoms with E-state index >= 15 is 0 Å². The molecule has 17 heavy (non-hydrogen) atoms. The van der Waals surface area contributed by atoms with E-state index in [0.717, 1.165) is 31.7 Å². The molecule has 2 aliphatic rings. The number of Topliss-reactive ketones (excluding diaryl/α,β-unsaturated/α-hetero) is 1. The maximum Gasteiger partial charge on any atom is 0.137 e. The number of nitrogens with zero attached hydrogens (tertiary/aromatic N) is 2. The topological polar surface area (TPSA) is 23.6 Å². The number of hydrogen-bond donors (Lipinski definition) is 0. The highest BCUT2D eigenvalue weighted by Crippen LogP contribution is 2.25. The van der Waals surface area contributed by atoms with Crippen molar-refractivity contribution in [2.45, 2.75) is 32.1 Å². The number of likely N-dealkylation sites (tertiary alicyclic amines) is 1. The van der Waals surface area contributed by atoms with Crippen molar-refractivity contribution in [1.29, 1.82) is 0 Å². The molecular formula is C14H26N2O. The molecule has 1 saturated heterocycles. The lowest BCUT2D eigenvalue weighted by atomic mass is 9.95. The third kappa shape index (κ3) is 3.78. The summed E-state index contributed by atoms with van der Waals surface area (Å²) in [6, 6.07) is 0.